The Kier molecular flexibility index (Phi) is 8.17. The molecular weight excluding hydrogens is 528 g/mol. The van der Waals surface area contributed by atoms with Crippen molar-refractivity contribution in [3.63, 3.8) is 0 Å². The van der Waals surface area contributed by atoms with Crippen molar-refractivity contribution in [3.05, 3.63) is 181 Å². The van der Waals surface area contributed by atoms with Gasteiger partial charge in [0.15, 0.2) is 0 Å². The molecule has 0 saturated carbocycles. The van der Waals surface area contributed by atoms with Gasteiger partial charge in [-0.3, -0.25) is 0 Å². The van der Waals surface area contributed by atoms with E-state index >= 15 is 0 Å². The highest BCUT2D eigenvalue weighted by molar-refractivity contribution is 6.10. The van der Waals surface area contributed by atoms with Gasteiger partial charge in [0.1, 0.15) is 0 Å². The molecule has 0 aromatic heterocycles. The highest BCUT2D eigenvalue weighted by atomic mass is 14.2. The smallest absolute Gasteiger partial charge is 0.00923 e. The summed E-state index contributed by atoms with van der Waals surface area (Å²) in [4.78, 5) is 0. The summed E-state index contributed by atoms with van der Waals surface area (Å²) in [5, 5.41) is 4.70. The van der Waals surface area contributed by atoms with Gasteiger partial charge in [0.2, 0.25) is 0 Å². The van der Waals surface area contributed by atoms with Crippen molar-refractivity contribution < 1.29 is 0 Å². The van der Waals surface area contributed by atoms with Crippen LogP contribution >= 0.6 is 0 Å². The Morgan fingerprint density at radius 1 is 0.386 bits per heavy atom. The predicted octanol–water partition coefficient (Wildman–Crippen LogP) is 12.6. The Bertz CT molecular complexity index is 2110. The fraction of sp³-hybridized carbons (Fsp3) is 0. The number of hydrogen-bond acceptors (Lipinski definition) is 0. The molecule has 0 unspecified atom stereocenters. The molecule has 1 aliphatic rings. The minimum atomic E-state index is 1.04. The van der Waals surface area contributed by atoms with Crippen molar-refractivity contribution in [2.24, 2.45) is 0 Å². The lowest BCUT2D eigenvalue weighted by atomic mass is 9.82. The van der Waals surface area contributed by atoms with Gasteiger partial charge in [0, 0.05) is 0 Å². The Labute approximate surface area is 260 Å². The van der Waals surface area contributed by atoms with Crippen LogP contribution in [0.3, 0.4) is 0 Å². The second kappa shape index (κ2) is 12.7. The lowest BCUT2D eigenvalue weighted by Crippen LogP contribution is -1.98. The fourth-order valence-corrected chi connectivity index (χ4v) is 6.24. The van der Waals surface area contributed by atoms with E-state index in [-0.39, 0.29) is 0 Å². The molecule has 1 aliphatic carbocycles. The highest BCUT2D eigenvalue weighted by Crippen LogP contribution is 2.43. The maximum absolute atomic E-state index is 4.30. The first-order chi connectivity index (χ1) is 21.7. The van der Waals surface area contributed by atoms with E-state index in [0.29, 0.717) is 0 Å². The Morgan fingerprint density at radius 3 is 1.68 bits per heavy atom. The van der Waals surface area contributed by atoms with Crippen LogP contribution in [0.15, 0.2) is 148 Å². The molecule has 0 nitrogen and oxygen atoms in total. The van der Waals surface area contributed by atoms with Crippen LogP contribution in [0.2, 0.25) is 0 Å². The fourth-order valence-electron chi connectivity index (χ4n) is 6.24. The minimum absolute atomic E-state index is 1.04. The molecule has 6 rings (SSSR count). The third-order valence-corrected chi connectivity index (χ3v) is 8.25. The van der Waals surface area contributed by atoms with Gasteiger partial charge in [0.05, 0.1) is 0 Å². The molecule has 0 aliphatic heterocycles. The van der Waals surface area contributed by atoms with Crippen LogP contribution in [0.25, 0.3) is 80.3 Å². The molecule has 0 saturated heterocycles. The zero-order valence-electron chi connectivity index (χ0n) is 24.8. The van der Waals surface area contributed by atoms with Gasteiger partial charge in [-0.1, -0.05) is 172 Å². The number of benzene rings is 5. The van der Waals surface area contributed by atoms with Crippen LogP contribution in [-0.4, -0.2) is 0 Å². The van der Waals surface area contributed by atoms with Crippen LogP contribution < -0.4 is 0 Å². The molecular formula is C44H34. The van der Waals surface area contributed by atoms with E-state index in [9.17, 15) is 0 Å². The summed E-state index contributed by atoms with van der Waals surface area (Å²) in [5.74, 6) is 0. The summed E-state index contributed by atoms with van der Waals surface area (Å²) in [7, 11) is 0. The molecule has 0 heteroatoms. The Morgan fingerprint density at radius 2 is 0.977 bits per heavy atom. The third kappa shape index (κ3) is 5.08. The lowest BCUT2D eigenvalue weighted by molar-refractivity contribution is 1.55. The van der Waals surface area contributed by atoms with Gasteiger partial charge in [0.25, 0.3) is 0 Å². The number of allylic oxidation sites excluding steroid dienone is 8. The second-order valence-corrected chi connectivity index (χ2v) is 10.6. The average Bonchev–Trinajstić information content (AvgIpc) is 3.06. The zero-order chi connectivity index (χ0) is 30.5. The number of rotatable bonds is 6. The van der Waals surface area contributed by atoms with Crippen LogP contribution in [0, 0.1) is 0 Å². The molecule has 0 bridgehead atoms. The SMILES string of the molecule is C=Cc1cccc(-c2cc3c4c(c(-c5cccc6ccccc56)cc3c(C=C)c2C=C)\C=C/C=C\C=C/C=C/C=C/4)c1C=C. The first-order valence-electron chi connectivity index (χ1n) is 14.8. The molecule has 0 N–H and O–H groups in total. The summed E-state index contributed by atoms with van der Waals surface area (Å²) >= 11 is 0. The van der Waals surface area contributed by atoms with Gasteiger partial charge >= 0.3 is 0 Å². The highest BCUT2D eigenvalue weighted by Gasteiger charge is 2.20. The van der Waals surface area contributed by atoms with E-state index in [2.05, 4.69) is 148 Å². The monoisotopic (exact) mass is 562 g/mol. The summed E-state index contributed by atoms with van der Waals surface area (Å²) in [6.07, 6.45) is 28.8. The van der Waals surface area contributed by atoms with Crippen LogP contribution in [0.5, 0.6) is 0 Å². The predicted molar refractivity (Wildman–Crippen MR) is 198 cm³/mol. The summed E-state index contributed by atoms with van der Waals surface area (Å²) < 4.78 is 0. The standard InChI is InChI=1S/C44H34/c1-5-31-22-19-27-37(33(31)6-2)41-29-44-40-26-16-14-12-10-9-11-13-15-25-39(40)43(30-42(44)35(8-4)34(41)7-3)38-28-20-23-32-21-17-18-24-36(32)38/h5-30H,1-4H2/b10-9-,11-9?,12-10?,13-11-,14-12+,15-13?,16-14?,25-15-,26-16+,39-25?,40-26?. The minimum Gasteiger partial charge on any atom is -0.0984 e. The van der Waals surface area contributed by atoms with E-state index in [1.807, 2.05) is 36.5 Å². The van der Waals surface area contributed by atoms with Crippen LogP contribution in [-0.2, 0) is 0 Å². The van der Waals surface area contributed by atoms with Crippen molar-refractivity contribution in [2.45, 2.75) is 0 Å². The van der Waals surface area contributed by atoms with Crippen LogP contribution in [0.4, 0.5) is 0 Å². The molecule has 0 heterocycles. The average molecular weight is 563 g/mol. The molecule has 5 aromatic carbocycles. The van der Waals surface area contributed by atoms with Crippen molar-refractivity contribution in [1.82, 2.24) is 0 Å². The normalized spacial score (nSPS) is 16.1. The first kappa shape index (κ1) is 28.4. The van der Waals surface area contributed by atoms with E-state index < -0.39 is 0 Å². The third-order valence-electron chi connectivity index (χ3n) is 8.25. The second-order valence-electron chi connectivity index (χ2n) is 10.6. The molecule has 0 fully saturated rings. The lowest BCUT2D eigenvalue weighted by Gasteiger charge is -2.21. The maximum atomic E-state index is 4.30. The van der Waals surface area contributed by atoms with Gasteiger partial charge in [-0.15, -0.1) is 0 Å². The Hall–Kier alpha value is -5.72. The summed E-state index contributed by atoms with van der Waals surface area (Å²) in [5.41, 5.74) is 11.0. The van der Waals surface area contributed by atoms with Crippen molar-refractivity contribution in [1.29, 1.82) is 0 Å². The van der Waals surface area contributed by atoms with Gasteiger partial charge in [-0.05, 0) is 89.3 Å². The number of hydrogen-bond donors (Lipinski definition) is 0. The molecule has 0 spiro atoms. The molecule has 44 heavy (non-hydrogen) atoms. The zero-order valence-corrected chi connectivity index (χ0v) is 24.8. The maximum Gasteiger partial charge on any atom is -0.00923 e. The molecule has 5 aromatic rings. The molecule has 0 atom stereocenters. The van der Waals surface area contributed by atoms with E-state index in [0.717, 1.165) is 55.3 Å². The summed E-state index contributed by atoms with van der Waals surface area (Å²) in [6.45, 7) is 16.8. The van der Waals surface area contributed by atoms with Crippen LogP contribution in [0.1, 0.15) is 33.4 Å². The largest absolute Gasteiger partial charge is 0.0984 e. The number of fused-ring (bicyclic) bond motifs is 4. The molecule has 0 amide bonds. The van der Waals surface area contributed by atoms with Gasteiger partial charge in [-0.2, -0.15) is 0 Å². The van der Waals surface area contributed by atoms with Crippen molar-refractivity contribution >= 4 is 58.0 Å². The van der Waals surface area contributed by atoms with Crippen molar-refractivity contribution in [2.75, 3.05) is 0 Å². The molecule has 0 radical (unpaired) electrons. The quantitative estimate of drug-likeness (QED) is 0.193. The van der Waals surface area contributed by atoms with Gasteiger partial charge < -0.3 is 0 Å². The van der Waals surface area contributed by atoms with E-state index in [1.165, 1.54) is 21.9 Å². The Balaban J connectivity index is 1.81. The van der Waals surface area contributed by atoms with E-state index in [1.54, 1.807) is 0 Å². The molecule has 210 valence electrons. The first-order valence-corrected chi connectivity index (χ1v) is 14.8. The van der Waals surface area contributed by atoms with Gasteiger partial charge in [-0.25, -0.2) is 0 Å². The van der Waals surface area contributed by atoms with Crippen molar-refractivity contribution in [3.8, 4) is 22.3 Å². The topological polar surface area (TPSA) is 0 Å². The van der Waals surface area contributed by atoms with E-state index in [4.69, 9.17) is 0 Å². The summed E-state index contributed by atoms with van der Waals surface area (Å²) in [6, 6.07) is 26.1.